The molecular formula is C14H15Cl2N3. The molecule has 2 rings (SSSR count). The zero-order valence-electron chi connectivity index (χ0n) is 10.8. The number of nitrogens with two attached hydrogens (primary N) is 1. The van der Waals surface area contributed by atoms with E-state index in [0.29, 0.717) is 27.6 Å². The van der Waals surface area contributed by atoms with Gasteiger partial charge in [-0.3, -0.25) is 0 Å². The molecule has 0 saturated heterocycles. The maximum Gasteiger partial charge on any atom is 0.163 e. The van der Waals surface area contributed by atoms with Crippen molar-refractivity contribution >= 4 is 29.0 Å². The Morgan fingerprint density at radius 3 is 2.53 bits per heavy atom. The number of aromatic nitrogens is 2. The highest BCUT2D eigenvalue weighted by Gasteiger charge is 2.10. The fourth-order valence-corrected chi connectivity index (χ4v) is 2.33. The second kappa shape index (κ2) is 5.76. The number of rotatable bonds is 3. The number of nitrogens with zero attached hydrogens (tertiary/aromatic N) is 2. The van der Waals surface area contributed by atoms with Gasteiger partial charge in [0, 0.05) is 22.3 Å². The van der Waals surface area contributed by atoms with E-state index in [1.54, 1.807) is 24.3 Å². The summed E-state index contributed by atoms with van der Waals surface area (Å²) in [5, 5.41) is 1.11. The van der Waals surface area contributed by atoms with Crippen molar-refractivity contribution in [1.29, 1.82) is 0 Å². The standard InChI is InChI=1S/C14H15Cl2N3/c1-8(2)5-10-7-13(17)19-14(18-10)11-4-3-9(15)6-12(11)16/h3-4,6-8H,5H2,1-2H3,(H2,17,18,19). The number of hydrogen-bond donors (Lipinski definition) is 1. The highest BCUT2D eigenvalue weighted by molar-refractivity contribution is 6.36. The van der Waals surface area contributed by atoms with Gasteiger partial charge in [0.15, 0.2) is 5.82 Å². The highest BCUT2D eigenvalue weighted by atomic mass is 35.5. The fraction of sp³-hybridized carbons (Fsp3) is 0.286. The number of halogens is 2. The molecule has 0 radical (unpaired) electrons. The highest BCUT2D eigenvalue weighted by Crippen LogP contribution is 2.28. The van der Waals surface area contributed by atoms with E-state index in [0.717, 1.165) is 17.7 Å². The summed E-state index contributed by atoms with van der Waals surface area (Å²) in [5.41, 5.74) is 7.49. The molecule has 0 spiro atoms. The lowest BCUT2D eigenvalue weighted by Crippen LogP contribution is -2.03. The smallest absolute Gasteiger partial charge is 0.163 e. The topological polar surface area (TPSA) is 51.8 Å². The van der Waals surface area contributed by atoms with Crippen molar-refractivity contribution in [2.45, 2.75) is 20.3 Å². The van der Waals surface area contributed by atoms with Crippen LogP contribution in [-0.4, -0.2) is 9.97 Å². The van der Waals surface area contributed by atoms with Gasteiger partial charge >= 0.3 is 0 Å². The Bertz CT molecular complexity index is 597. The van der Waals surface area contributed by atoms with Crippen molar-refractivity contribution in [3.8, 4) is 11.4 Å². The average Bonchev–Trinajstić information content (AvgIpc) is 2.26. The SMILES string of the molecule is CC(C)Cc1cc(N)nc(-c2ccc(Cl)cc2Cl)n1. The summed E-state index contributed by atoms with van der Waals surface area (Å²) in [5.74, 6) is 1.49. The molecule has 0 atom stereocenters. The van der Waals surface area contributed by atoms with Gasteiger partial charge in [-0.05, 0) is 30.5 Å². The van der Waals surface area contributed by atoms with Gasteiger partial charge in [0.25, 0.3) is 0 Å². The summed E-state index contributed by atoms with van der Waals surface area (Å²) in [4.78, 5) is 8.76. The van der Waals surface area contributed by atoms with Gasteiger partial charge in [-0.25, -0.2) is 9.97 Å². The third kappa shape index (κ3) is 3.58. The molecule has 0 bridgehead atoms. The molecule has 100 valence electrons. The average molecular weight is 296 g/mol. The molecule has 0 aliphatic rings. The van der Waals surface area contributed by atoms with Crippen LogP contribution in [0.2, 0.25) is 10.0 Å². The van der Waals surface area contributed by atoms with Crippen LogP contribution in [-0.2, 0) is 6.42 Å². The minimum Gasteiger partial charge on any atom is -0.384 e. The molecule has 0 saturated carbocycles. The molecule has 3 nitrogen and oxygen atoms in total. The van der Waals surface area contributed by atoms with Crippen LogP contribution in [0.5, 0.6) is 0 Å². The lowest BCUT2D eigenvalue weighted by molar-refractivity contribution is 0.635. The molecule has 2 N–H and O–H groups in total. The van der Waals surface area contributed by atoms with E-state index in [-0.39, 0.29) is 0 Å². The molecule has 5 heteroatoms. The van der Waals surface area contributed by atoms with Gasteiger partial charge in [0.05, 0.1) is 5.02 Å². The molecule has 1 heterocycles. The van der Waals surface area contributed by atoms with E-state index in [1.165, 1.54) is 0 Å². The number of benzene rings is 1. The van der Waals surface area contributed by atoms with E-state index in [4.69, 9.17) is 28.9 Å². The molecule has 1 aromatic heterocycles. The quantitative estimate of drug-likeness (QED) is 0.922. The number of anilines is 1. The summed E-state index contributed by atoms with van der Waals surface area (Å²) in [6.45, 7) is 4.26. The summed E-state index contributed by atoms with van der Waals surface area (Å²) in [7, 11) is 0. The summed E-state index contributed by atoms with van der Waals surface area (Å²) >= 11 is 12.1. The Morgan fingerprint density at radius 1 is 1.16 bits per heavy atom. The molecule has 0 aliphatic heterocycles. The van der Waals surface area contributed by atoms with E-state index in [1.807, 2.05) is 0 Å². The van der Waals surface area contributed by atoms with Crippen LogP contribution in [0.1, 0.15) is 19.5 Å². The van der Waals surface area contributed by atoms with Crippen molar-refractivity contribution in [3.63, 3.8) is 0 Å². The zero-order valence-corrected chi connectivity index (χ0v) is 12.3. The van der Waals surface area contributed by atoms with Gasteiger partial charge in [-0.2, -0.15) is 0 Å². The molecule has 0 unspecified atom stereocenters. The Morgan fingerprint density at radius 2 is 1.89 bits per heavy atom. The Kier molecular flexibility index (Phi) is 4.27. The minimum absolute atomic E-state index is 0.451. The largest absolute Gasteiger partial charge is 0.384 e. The van der Waals surface area contributed by atoms with Gasteiger partial charge in [0.2, 0.25) is 0 Å². The van der Waals surface area contributed by atoms with Crippen LogP contribution in [0.4, 0.5) is 5.82 Å². The van der Waals surface area contributed by atoms with Crippen LogP contribution in [0.15, 0.2) is 24.3 Å². The molecule has 0 amide bonds. The van der Waals surface area contributed by atoms with Gasteiger partial charge < -0.3 is 5.73 Å². The first kappa shape index (κ1) is 14.1. The van der Waals surface area contributed by atoms with Gasteiger partial charge in [-0.15, -0.1) is 0 Å². The van der Waals surface area contributed by atoms with Crippen molar-refractivity contribution in [3.05, 3.63) is 40.0 Å². The van der Waals surface area contributed by atoms with Gasteiger partial charge in [-0.1, -0.05) is 37.0 Å². The zero-order chi connectivity index (χ0) is 14.0. The fourth-order valence-electron chi connectivity index (χ4n) is 1.83. The van der Waals surface area contributed by atoms with Crippen LogP contribution in [0.25, 0.3) is 11.4 Å². The van der Waals surface area contributed by atoms with Crippen molar-refractivity contribution in [1.82, 2.24) is 9.97 Å². The maximum absolute atomic E-state index is 6.17. The van der Waals surface area contributed by atoms with Crippen LogP contribution in [0, 0.1) is 5.92 Å². The first-order chi connectivity index (χ1) is 8.95. The lowest BCUT2D eigenvalue weighted by Gasteiger charge is -2.09. The lowest BCUT2D eigenvalue weighted by atomic mass is 10.1. The number of hydrogen-bond acceptors (Lipinski definition) is 3. The van der Waals surface area contributed by atoms with E-state index >= 15 is 0 Å². The summed E-state index contributed by atoms with van der Waals surface area (Å²) in [6.07, 6.45) is 0.852. The van der Waals surface area contributed by atoms with E-state index in [2.05, 4.69) is 23.8 Å². The van der Waals surface area contributed by atoms with Crippen molar-refractivity contribution in [2.24, 2.45) is 5.92 Å². The minimum atomic E-state index is 0.451. The first-order valence-corrected chi connectivity index (χ1v) is 6.80. The van der Waals surface area contributed by atoms with Crippen LogP contribution < -0.4 is 5.73 Å². The van der Waals surface area contributed by atoms with Crippen LogP contribution in [0.3, 0.4) is 0 Å². The van der Waals surface area contributed by atoms with E-state index < -0.39 is 0 Å². The monoisotopic (exact) mass is 295 g/mol. The molecule has 1 aromatic carbocycles. The Balaban J connectivity index is 2.46. The van der Waals surface area contributed by atoms with Crippen LogP contribution >= 0.6 is 23.2 Å². The Hall–Kier alpha value is -1.32. The third-order valence-electron chi connectivity index (χ3n) is 2.59. The Labute approximate surface area is 122 Å². The normalized spacial score (nSPS) is 11.0. The van der Waals surface area contributed by atoms with Crippen molar-refractivity contribution in [2.75, 3.05) is 5.73 Å². The maximum atomic E-state index is 6.17. The van der Waals surface area contributed by atoms with Gasteiger partial charge in [0.1, 0.15) is 5.82 Å². The van der Waals surface area contributed by atoms with E-state index in [9.17, 15) is 0 Å². The molecule has 0 aliphatic carbocycles. The molecule has 2 aromatic rings. The van der Waals surface area contributed by atoms with Crippen molar-refractivity contribution < 1.29 is 0 Å². The third-order valence-corrected chi connectivity index (χ3v) is 3.14. The summed E-state index contributed by atoms with van der Waals surface area (Å²) < 4.78 is 0. The molecule has 0 fully saturated rings. The predicted octanol–water partition coefficient (Wildman–Crippen LogP) is 4.23. The predicted molar refractivity (Wildman–Crippen MR) is 80.4 cm³/mol. The second-order valence-corrected chi connectivity index (χ2v) is 5.67. The first-order valence-electron chi connectivity index (χ1n) is 6.04. The molecular weight excluding hydrogens is 281 g/mol. The molecule has 19 heavy (non-hydrogen) atoms. The number of nitrogen functional groups attached to an aromatic ring is 1. The summed E-state index contributed by atoms with van der Waals surface area (Å²) in [6, 6.07) is 7.04. The second-order valence-electron chi connectivity index (χ2n) is 4.83.